The van der Waals surface area contributed by atoms with Gasteiger partial charge in [-0.3, -0.25) is 14.4 Å². The van der Waals surface area contributed by atoms with Crippen molar-refractivity contribution in [2.45, 2.75) is 155 Å². The lowest BCUT2D eigenvalue weighted by Gasteiger charge is -2.54. The minimum absolute atomic E-state index is 0.0544. The summed E-state index contributed by atoms with van der Waals surface area (Å²) in [6.45, 7) is 18.6. The van der Waals surface area contributed by atoms with Crippen molar-refractivity contribution in [2.75, 3.05) is 13.7 Å². The van der Waals surface area contributed by atoms with E-state index in [0.717, 1.165) is 16.7 Å². The maximum atomic E-state index is 14.5. The quantitative estimate of drug-likeness (QED) is 0.181. The summed E-state index contributed by atoms with van der Waals surface area (Å²) in [4.78, 5) is 40.7. The molecule has 3 fully saturated rings. The predicted octanol–water partition coefficient (Wildman–Crippen LogP) is 5.85. The van der Waals surface area contributed by atoms with Gasteiger partial charge in [-0.1, -0.05) is 78.0 Å². The number of methoxy groups -OCH3 is 1. The Morgan fingerprint density at radius 1 is 1.05 bits per heavy atom. The van der Waals surface area contributed by atoms with Crippen molar-refractivity contribution in [3.05, 3.63) is 58.7 Å². The number of esters is 3. The van der Waals surface area contributed by atoms with Gasteiger partial charge in [0, 0.05) is 31.8 Å². The molecule has 1 unspecified atom stereocenters. The van der Waals surface area contributed by atoms with Crippen LogP contribution >= 0.6 is 0 Å². The van der Waals surface area contributed by atoms with Crippen molar-refractivity contribution >= 4 is 17.9 Å². The number of ether oxygens (including phenoxy) is 7. The molecule has 0 aromatic rings. The maximum Gasteiger partial charge on any atom is 0.316 e. The lowest BCUT2D eigenvalue weighted by molar-refractivity contribution is -0.380. The van der Waals surface area contributed by atoms with Crippen LogP contribution in [0.15, 0.2) is 58.7 Å². The molecule has 0 radical (unpaired) electrons. The van der Waals surface area contributed by atoms with Gasteiger partial charge in [0.1, 0.15) is 48.1 Å². The molecule has 2 N–H and O–H groups in total. The fourth-order valence-corrected chi connectivity index (χ4v) is 8.69. The highest BCUT2D eigenvalue weighted by atomic mass is 16.7. The second-order valence-corrected chi connectivity index (χ2v) is 16.9. The molecule has 2 bridgehead atoms. The van der Waals surface area contributed by atoms with Crippen LogP contribution in [0.4, 0.5) is 0 Å². The lowest BCUT2D eigenvalue weighted by Crippen LogP contribution is -2.67. The molecule has 5 rings (SSSR count). The lowest BCUT2D eigenvalue weighted by atomic mass is 9.70. The highest BCUT2D eigenvalue weighted by Crippen LogP contribution is 2.49. The zero-order valence-electron chi connectivity index (χ0n) is 35.0. The number of hydrogen-bond acceptors (Lipinski definition) is 12. The summed E-state index contributed by atoms with van der Waals surface area (Å²) in [6.07, 6.45) is 5.46. The van der Waals surface area contributed by atoms with Crippen LogP contribution in [-0.4, -0.2) is 102 Å². The minimum Gasteiger partial charge on any atom is -0.462 e. The summed E-state index contributed by atoms with van der Waals surface area (Å²) in [5.41, 5.74) is 1.04. The third-order valence-electron chi connectivity index (χ3n) is 12.5. The smallest absolute Gasteiger partial charge is 0.316 e. The number of aliphatic hydroxyl groups is 2. The molecule has 56 heavy (non-hydrogen) atoms. The molecule has 4 heterocycles. The van der Waals surface area contributed by atoms with Gasteiger partial charge in [0.15, 0.2) is 0 Å². The molecule has 1 spiro atoms. The number of allylic oxidation sites excluding steroid dienone is 3. The number of aliphatic hydroxyl groups excluding tert-OH is 1. The topological polar surface area (TPSA) is 156 Å². The first-order valence-electron chi connectivity index (χ1n) is 20.3. The molecule has 0 aromatic heterocycles. The highest BCUT2D eigenvalue weighted by Gasteiger charge is 2.62. The standard InChI is InChI=1S/C44H64O12/c1-12-24(5)35-29(10)37(54-40(46)23(3)4)38(45)43(56-35)21-32-20-31(55-43)18-17-27(8)34(53-41(47)25(6)13-2)26(7)15-14-16-30-22-51-39-36(50-11)28(9)19-33(42(48)52-32)44(30,39)49/h12,14-17,19,23,25-26,29,31-39,45,49H,13,18,20-22H2,1-11H3/b15-14-,24-12+,27-17-,30-16-/t25?,26-,29+,31+,32-,33-,34+,35+,36+,37-,38+,39+,43-,44+/m0/s1. The van der Waals surface area contributed by atoms with Crippen LogP contribution in [0.3, 0.4) is 0 Å². The second kappa shape index (κ2) is 17.8. The SMILES string of the molecule is C/C=C(\C)[C@H]1O[C@@]2(C[C@@H]3C[C@@H](C/C=C(/C)[C@H](OC(=O)C(C)CC)[C@@H](C)/C=C\C=C4\CO[C@@H]5[C@H](OC)C(C)=C[C@@H](C(=O)O3)[C@]45O)O2)[C@H](O)[C@@H](OC(=O)C(C)C)[C@@H]1C. The van der Waals surface area contributed by atoms with Crippen LogP contribution in [0.2, 0.25) is 0 Å². The normalized spacial score (nSPS) is 42.3. The van der Waals surface area contributed by atoms with E-state index < -0.39 is 89.9 Å². The van der Waals surface area contributed by atoms with E-state index in [0.29, 0.717) is 18.4 Å². The molecule has 0 aromatic carbocycles. The van der Waals surface area contributed by atoms with Crippen LogP contribution in [0.25, 0.3) is 0 Å². The van der Waals surface area contributed by atoms with Gasteiger partial charge < -0.3 is 43.4 Å². The molecular weight excluding hydrogens is 720 g/mol. The number of fused-ring (bicyclic) bond motifs is 2. The van der Waals surface area contributed by atoms with Gasteiger partial charge in [0.2, 0.25) is 5.79 Å². The monoisotopic (exact) mass is 784 g/mol. The highest BCUT2D eigenvalue weighted by molar-refractivity contribution is 5.78. The Bertz CT molecular complexity index is 1620. The van der Waals surface area contributed by atoms with E-state index in [9.17, 15) is 24.6 Å². The third-order valence-corrected chi connectivity index (χ3v) is 12.5. The molecule has 5 aliphatic rings. The summed E-state index contributed by atoms with van der Waals surface area (Å²) < 4.78 is 44.0. The van der Waals surface area contributed by atoms with Crippen molar-refractivity contribution in [3.63, 3.8) is 0 Å². The van der Waals surface area contributed by atoms with Gasteiger partial charge >= 0.3 is 17.9 Å². The van der Waals surface area contributed by atoms with Gasteiger partial charge in [-0.2, -0.15) is 0 Å². The van der Waals surface area contributed by atoms with Crippen LogP contribution < -0.4 is 0 Å². The van der Waals surface area contributed by atoms with E-state index in [1.807, 2.05) is 73.6 Å². The second-order valence-electron chi connectivity index (χ2n) is 16.9. The van der Waals surface area contributed by atoms with Crippen molar-refractivity contribution in [3.8, 4) is 0 Å². The summed E-state index contributed by atoms with van der Waals surface area (Å²) in [7, 11) is 1.54. The predicted molar refractivity (Wildman–Crippen MR) is 208 cm³/mol. The van der Waals surface area contributed by atoms with Gasteiger partial charge in [0.05, 0.1) is 30.7 Å². The molecule has 12 heteroatoms. The molecule has 4 aliphatic heterocycles. The molecule has 14 atom stereocenters. The Hall–Kier alpha value is -3.13. The number of carbonyl (C=O) groups excluding carboxylic acids is 3. The third kappa shape index (κ3) is 8.52. The molecule has 312 valence electrons. The Morgan fingerprint density at radius 2 is 1.77 bits per heavy atom. The van der Waals surface area contributed by atoms with E-state index in [-0.39, 0.29) is 37.3 Å². The molecule has 0 amide bonds. The van der Waals surface area contributed by atoms with E-state index in [2.05, 4.69) is 0 Å². The van der Waals surface area contributed by atoms with Crippen molar-refractivity contribution in [2.24, 2.45) is 29.6 Å². The Labute approximate surface area is 332 Å². The first-order chi connectivity index (χ1) is 26.4. The summed E-state index contributed by atoms with van der Waals surface area (Å²) in [5.74, 6) is -5.80. The van der Waals surface area contributed by atoms with Crippen LogP contribution in [0.5, 0.6) is 0 Å². The van der Waals surface area contributed by atoms with E-state index >= 15 is 0 Å². The van der Waals surface area contributed by atoms with Gasteiger partial charge in [-0.15, -0.1) is 0 Å². The van der Waals surface area contributed by atoms with E-state index in [1.54, 1.807) is 32.1 Å². The average molecular weight is 785 g/mol. The van der Waals surface area contributed by atoms with Crippen LogP contribution in [0, 0.1) is 29.6 Å². The van der Waals surface area contributed by atoms with E-state index in [4.69, 9.17) is 33.2 Å². The van der Waals surface area contributed by atoms with Crippen LogP contribution in [0.1, 0.15) is 94.9 Å². The van der Waals surface area contributed by atoms with Gasteiger partial charge in [-0.25, -0.2) is 0 Å². The van der Waals surface area contributed by atoms with Crippen molar-refractivity contribution in [1.82, 2.24) is 0 Å². The Morgan fingerprint density at radius 3 is 2.41 bits per heavy atom. The number of hydrogen-bond donors (Lipinski definition) is 2. The molecule has 12 nitrogen and oxygen atoms in total. The number of rotatable bonds is 7. The molecular formula is C44H64O12. The van der Waals surface area contributed by atoms with Gasteiger partial charge in [0.25, 0.3) is 0 Å². The summed E-state index contributed by atoms with van der Waals surface area (Å²) >= 11 is 0. The summed E-state index contributed by atoms with van der Waals surface area (Å²) in [5, 5.41) is 24.8. The zero-order valence-corrected chi connectivity index (χ0v) is 35.0. The Balaban J connectivity index is 1.64. The molecule has 1 aliphatic carbocycles. The largest absolute Gasteiger partial charge is 0.462 e. The van der Waals surface area contributed by atoms with E-state index in [1.165, 1.54) is 7.11 Å². The first-order valence-corrected chi connectivity index (χ1v) is 20.3. The number of carbonyl (C=O) groups is 3. The Kier molecular flexibility index (Phi) is 14.0. The minimum atomic E-state index is -1.80. The average Bonchev–Trinajstić information content (AvgIpc) is 3.50. The summed E-state index contributed by atoms with van der Waals surface area (Å²) in [6, 6.07) is 0. The maximum absolute atomic E-state index is 14.5. The van der Waals surface area contributed by atoms with Gasteiger partial charge in [-0.05, 0) is 62.8 Å². The fourth-order valence-electron chi connectivity index (χ4n) is 8.69. The molecule has 0 saturated carbocycles. The van der Waals surface area contributed by atoms with Crippen LogP contribution in [-0.2, 0) is 47.5 Å². The first kappa shape index (κ1) is 44.0. The fraction of sp³-hybridized carbons (Fsp3) is 0.705. The molecule has 3 saturated heterocycles. The zero-order chi connectivity index (χ0) is 41.3. The van der Waals surface area contributed by atoms with Crippen molar-refractivity contribution < 1.29 is 57.8 Å². The van der Waals surface area contributed by atoms with Crippen molar-refractivity contribution in [1.29, 1.82) is 0 Å².